The van der Waals surface area contributed by atoms with Crippen LogP contribution in [0.3, 0.4) is 0 Å². The van der Waals surface area contributed by atoms with Crippen molar-refractivity contribution in [3.63, 3.8) is 0 Å². The number of nitrogens with zero attached hydrogens (tertiary/aromatic N) is 4. The summed E-state index contributed by atoms with van der Waals surface area (Å²) in [5.74, 6) is 1.06. The molecule has 5 nitrogen and oxygen atoms in total. The fourth-order valence-electron chi connectivity index (χ4n) is 1.69. The van der Waals surface area contributed by atoms with Crippen LogP contribution < -0.4 is 5.32 Å². The molecule has 3 heterocycles. The summed E-state index contributed by atoms with van der Waals surface area (Å²) in [5, 5.41) is 3.27. The second kappa shape index (κ2) is 2.50. The fraction of sp³-hybridized carbons (Fsp3) is 0.375. The smallest absolute Gasteiger partial charge is 0.163 e. The molecule has 0 fully saturated rings. The highest BCUT2D eigenvalue weighted by Gasteiger charge is 2.14. The lowest BCUT2D eigenvalue weighted by molar-refractivity contribution is 0.512. The molecule has 3 rings (SSSR count). The first-order chi connectivity index (χ1) is 6.45. The summed E-state index contributed by atoms with van der Waals surface area (Å²) < 4.78 is 2.15. The lowest BCUT2D eigenvalue weighted by Gasteiger charge is -2.14. The SMILES string of the molecule is c1ncc2nc3n(c2n1)CCNC3. The van der Waals surface area contributed by atoms with Crippen molar-refractivity contribution >= 4 is 11.2 Å². The minimum Gasteiger partial charge on any atom is -0.310 e. The zero-order valence-electron chi connectivity index (χ0n) is 7.06. The molecule has 1 N–H and O–H groups in total. The molecule has 0 saturated heterocycles. The van der Waals surface area contributed by atoms with E-state index < -0.39 is 0 Å². The first-order valence-electron chi connectivity index (χ1n) is 4.31. The predicted molar refractivity (Wildman–Crippen MR) is 47.0 cm³/mol. The summed E-state index contributed by atoms with van der Waals surface area (Å²) in [5.41, 5.74) is 1.84. The van der Waals surface area contributed by atoms with Crippen molar-refractivity contribution in [3.05, 3.63) is 18.3 Å². The summed E-state index contributed by atoms with van der Waals surface area (Å²) in [6.07, 6.45) is 3.33. The maximum atomic E-state index is 4.43. The fourth-order valence-corrected chi connectivity index (χ4v) is 1.69. The van der Waals surface area contributed by atoms with E-state index >= 15 is 0 Å². The van der Waals surface area contributed by atoms with Gasteiger partial charge in [0, 0.05) is 13.1 Å². The van der Waals surface area contributed by atoms with Gasteiger partial charge in [-0.25, -0.2) is 15.0 Å². The molecule has 0 atom stereocenters. The van der Waals surface area contributed by atoms with Crippen LogP contribution >= 0.6 is 0 Å². The maximum Gasteiger partial charge on any atom is 0.163 e. The van der Waals surface area contributed by atoms with Crippen LogP contribution in [0.15, 0.2) is 12.5 Å². The Morgan fingerprint density at radius 2 is 2.46 bits per heavy atom. The molecule has 0 unspecified atom stereocenters. The minimum atomic E-state index is 0.830. The number of nitrogens with one attached hydrogen (secondary N) is 1. The number of fused-ring (bicyclic) bond motifs is 3. The van der Waals surface area contributed by atoms with Gasteiger partial charge in [0.25, 0.3) is 0 Å². The highest BCUT2D eigenvalue weighted by molar-refractivity contribution is 5.70. The Hall–Kier alpha value is -1.49. The van der Waals surface area contributed by atoms with Crippen molar-refractivity contribution in [2.24, 2.45) is 0 Å². The third kappa shape index (κ3) is 0.936. The van der Waals surface area contributed by atoms with Crippen LogP contribution in [-0.2, 0) is 13.1 Å². The molecule has 13 heavy (non-hydrogen) atoms. The quantitative estimate of drug-likeness (QED) is 0.609. The van der Waals surface area contributed by atoms with E-state index in [0.29, 0.717) is 0 Å². The predicted octanol–water partition coefficient (Wildman–Crippen LogP) is -0.0705. The van der Waals surface area contributed by atoms with Crippen molar-refractivity contribution in [1.82, 2.24) is 24.8 Å². The molecule has 0 spiro atoms. The van der Waals surface area contributed by atoms with Crippen LogP contribution in [0.2, 0.25) is 0 Å². The van der Waals surface area contributed by atoms with Crippen LogP contribution in [0.25, 0.3) is 11.2 Å². The molecular formula is C8H9N5. The molecule has 2 aromatic heterocycles. The van der Waals surface area contributed by atoms with Crippen LogP contribution in [0.4, 0.5) is 0 Å². The normalized spacial score (nSPS) is 16.0. The Balaban J connectivity index is 2.34. The van der Waals surface area contributed by atoms with Gasteiger partial charge in [-0.15, -0.1) is 0 Å². The highest BCUT2D eigenvalue weighted by Crippen LogP contribution is 2.13. The Labute approximate surface area is 74.8 Å². The average Bonchev–Trinajstić information content (AvgIpc) is 2.56. The van der Waals surface area contributed by atoms with Crippen LogP contribution in [0.5, 0.6) is 0 Å². The third-order valence-electron chi connectivity index (χ3n) is 2.28. The average molecular weight is 175 g/mol. The lowest BCUT2D eigenvalue weighted by atomic mass is 10.4. The van der Waals surface area contributed by atoms with Gasteiger partial charge < -0.3 is 9.88 Å². The van der Waals surface area contributed by atoms with Gasteiger partial charge in [0.05, 0.1) is 12.7 Å². The molecular weight excluding hydrogens is 166 g/mol. The van der Waals surface area contributed by atoms with E-state index in [0.717, 1.165) is 36.6 Å². The maximum absolute atomic E-state index is 4.43. The van der Waals surface area contributed by atoms with E-state index in [-0.39, 0.29) is 0 Å². The number of imidazole rings is 1. The molecule has 5 heteroatoms. The molecule has 0 amide bonds. The molecule has 0 aliphatic carbocycles. The number of rotatable bonds is 0. The molecule has 0 bridgehead atoms. The Kier molecular flexibility index (Phi) is 1.34. The van der Waals surface area contributed by atoms with Gasteiger partial charge >= 0.3 is 0 Å². The first kappa shape index (κ1) is 6.97. The molecule has 1 aliphatic rings. The standard InChI is InChI=1S/C8H9N5/c1-2-13-7(4-9-1)12-6-3-10-5-11-8(6)13/h3,5,9H,1-2,4H2. The van der Waals surface area contributed by atoms with Crippen molar-refractivity contribution in [2.75, 3.05) is 6.54 Å². The zero-order chi connectivity index (χ0) is 8.67. The van der Waals surface area contributed by atoms with E-state index in [1.807, 2.05) is 0 Å². The third-order valence-corrected chi connectivity index (χ3v) is 2.28. The van der Waals surface area contributed by atoms with Crippen LogP contribution in [-0.4, -0.2) is 26.1 Å². The van der Waals surface area contributed by atoms with E-state index in [9.17, 15) is 0 Å². The van der Waals surface area contributed by atoms with Gasteiger partial charge in [0.1, 0.15) is 17.7 Å². The highest BCUT2D eigenvalue weighted by atomic mass is 15.2. The van der Waals surface area contributed by atoms with Crippen LogP contribution in [0, 0.1) is 0 Å². The van der Waals surface area contributed by atoms with Gasteiger partial charge in [0.15, 0.2) is 5.65 Å². The van der Waals surface area contributed by atoms with Crippen molar-refractivity contribution in [1.29, 1.82) is 0 Å². The summed E-state index contributed by atoms with van der Waals surface area (Å²) in [6, 6.07) is 0. The van der Waals surface area contributed by atoms with Gasteiger partial charge in [0.2, 0.25) is 0 Å². The number of aromatic nitrogens is 4. The van der Waals surface area contributed by atoms with Crippen molar-refractivity contribution < 1.29 is 0 Å². The number of hydrogen-bond acceptors (Lipinski definition) is 4. The van der Waals surface area contributed by atoms with E-state index in [2.05, 4.69) is 24.8 Å². The van der Waals surface area contributed by atoms with E-state index in [1.165, 1.54) is 0 Å². The Bertz CT molecular complexity index is 447. The van der Waals surface area contributed by atoms with E-state index in [1.54, 1.807) is 12.5 Å². The molecule has 0 radical (unpaired) electrons. The largest absolute Gasteiger partial charge is 0.310 e. The lowest BCUT2D eigenvalue weighted by Crippen LogP contribution is -2.28. The van der Waals surface area contributed by atoms with Crippen LogP contribution in [0.1, 0.15) is 5.82 Å². The first-order valence-corrected chi connectivity index (χ1v) is 4.31. The van der Waals surface area contributed by atoms with Crippen molar-refractivity contribution in [3.8, 4) is 0 Å². The molecule has 66 valence electrons. The van der Waals surface area contributed by atoms with Gasteiger partial charge in [-0.05, 0) is 0 Å². The second-order valence-electron chi connectivity index (χ2n) is 3.09. The molecule has 0 aromatic carbocycles. The topological polar surface area (TPSA) is 55.6 Å². The summed E-state index contributed by atoms with van der Waals surface area (Å²) in [7, 11) is 0. The summed E-state index contributed by atoms with van der Waals surface area (Å²) >= 11 is 0. The Morgan fingerprint density at radius 3 is 3.46 bits per heavy atom. The monoisotopic (exact) mass is 175 g/mol. The minimum absolute atomic E-state index is 0.830. The molecule has 2 aromatic rings. The second-order valence-corrected chi connectivity index (χ2v) is 3.09. The summed E-state index contributed by atoms with van der Waals surface area (Å²) in [4.78, 5) is 12.6. The van der Waals surface area contributed by atoms with Gasteiger partial charge in [-0.3, -0.25) is 0 Å². The summed E-state index contributed by atoms with van der Waals surface area (Å²) in [6.45, 7) is 2.77. The number of hydrogen-bond donors (Lipinski definition) is 1. The van der Waals surface area contributed by atoms with Gasteiger partial charge in [-0.1, -0.05) is 0 Å². The van der Waals surface area contributed by atoms with Gasteiger partial charge in [-0.2, -0.15) is 0 Å². The van der Waals surface area contributed by atoms with Crippen molar-refractivity contribution in [2.45, 2.75) is 13.1 Å². The Morgan fingerprint density at radius 1 is 1.46 bits per heavy atom. The van der Waals surface area contributed by atoms with E-state index in [4.69, 9.17) is 0 Å². The molecule has 0 saturated carbocycles. The molecule has 1 aliphatic heterocycles. The zero-order valence-corrected chi connectivity index (χ0v) is 7.06.